The Morgan fingerprint density at radius 3 is 2.70 bits per heavy atom. The summed E-state index contributed by atoms with van der Waals surface area (Å²) in [7, 11) is 0. The van der Waals surface area contributed by atoms with Crippen LogP contribution in [0.1, 0.15) is 44.4 Å². The quantitative estimate of drug-likeness (QED) is 0.745. The number of hydrogen-bond donors (Lipinski definition) is 1. The molecule has 4 heteroatoms. The van der Waals surface area contributed by atoms with Gasteiger partial charge in [0, 0.05) is 11.6 Å². The molecule has 4 nitrogen and oxygen atoms in total. The van der Waals surface area contributed by atoms with Crippen molar-refractivity contribution in [3.8, 4) is 0 Å². The number of hydrogen-bond acceptors (Lipinski definition) is 4. The lowest BCUT2D eigenvalue weighted by molar-refractivity contribution is 0.490. The van der Waals surface area contributed by atoms with E-state index in [0.29, 0.717) is 5.92 Å². The third-order valence-corrected chi connectivity index (χ3v) is 3.25. The third-order valence-electron chi connectivity index (χ3n) is 3.25. The van der Waals surface area contributed by atoms with Gasteiger partial charge in [-0.15, -0.1) is 0 Å². The molecule has 104 valence electrons. The first-order chi connectivity index (χ1) is 9.63. The van der Waals surface area contributed by atoms with Gasteiger partial charge in [0.1, 0.15) is 11.3 Å². The maximum Gasteiger partial charge on any atom is 0.198 e. The summed E-state index contributed by atoms with van der Waals surface area (Å²) in [6.07, 6.45) is 1.68. The van der Waals surface area contributed by atoms with Gasteiger partial charge in [-0.3, -0.25) is 0 Å². The molecule has 0 saturated heterocycles. The highest BCUT2D eigenvalue weighted by atomic mass is 16.3. The minimum atomic E-state index is 0.110. The largest absolute Gasteiger partial charge is 0.467 e. The summed E-state index contributed by atoms with van der Waals surface area (Å²) in [4.78, 5) is 4.51. The highest BCUT2D eigenvalue weighted by Gasteiger charge is 2.11. The van der Waals surface area contributed by atoms with Crippen LogP contribution in [0.5, 0.6) is 0 Å². The van der Waals surface area contributed by atoms with Crippen LogP contribution in [0.25, 0.3) is 11.1 Å². The number of nitrogens with one attached hydrogen (secondary N) is 1. The Kier molecular flexibility index (Phi) is 3.22. The fraction of sp³-hybridized carbons (Fsp3) is 0.312. The normalized spacial score (nSPS) is 13.0. The maximum absolute atomic E-state index is 5.70. The second-order valence-electron chi connectivity index (χ2n) is 5.27. The van der Waals surface area contributed by atoms with Gasteiger partial charge in [0.15, 0.2) is 11.5 Å². The van der Waals surface area contributed by atoms with Gasteiger partial charge in [-0.1, -0.05) is 13.8 Å². The first kappa shape index (κ1) is 12.8. The van der Waals surface area contributed by atoms with E-state index in [-0.39, 0.29) is 6.04 Å². The van der Waals surface area contributed by atoms with Gasteiger partial charge < -0.3 is 14.2 Å². The van der Waals surface area contributed by atoms with Crippen LogP contribution < -0.4 is 5.32 Å². The molecule has 0 spiro atoms. The molecule has 0 amide bonds. The van der Waals surface area contributed by atoms with E-state index in [1.54, 1.807) is 6.26 Å². The van der Waals surface area contributed by atoms with Gasteiger partial charge in [0.25, 0.3) is 0 Å². The highest BCUT2D eigenvalue weighted by molar-refractivity contribution is 5.77. The zero-order valence-corrected chi connectivity index (χ0v) is 11.9. The summed E-state index contributed by atoms with van der Waals surface area (Å²) in [5.74, 6) is 1.98. The van der Waals surface area contributed by atoms with Gasteiger partial charge in [-0.2, -0.15) is 0 Å². The minimum Gasteiger partial charge on any atom is -0.467 e. The standard InChI is InChI=1S/C16H18N2O2/c1-10(2)16-18-13-9-12(6-7-15(13)20-16)17-11(3)14-5-4-8-19-14/h4-11,17H,1-3H3. The van der Waals surface area contributed by atoms with Crippen molar-refractivity contribution >= 4 is 16.8 Å². The third kappa shape index (κ3) is 2.41. The van der Waals surface area contributed by atoms with Crippen molar-refractivity contribution in [2.24, 2.45) is 0 Å². The van der Waals surface area contributed by atoms with Crippen LogP contribution >= 0.6 is 0 Å². The van der Waals surface area contributed by atoms with Crippen LogP contribution in [0.2, 0.25) is 0 Å². The Hall–Kier alpha value is -2.23. The van der Waals surface area contributed by atoms with Gasteiger partial charge in [0.2, 0.25) is 0 Å². The number of nitrogens with zero attached hydrogens (tertiary/aromatic N) is 1. The molecule has 0 bridgehead atoms. The molecule has 3 rings (SSSR count). The van der Waals surface area contributed by atoms with E-state index in [0.717, 1.165) is 28.4 Å². The first-order valence-corrected chi connectivity index (χ1v) is 6.84. The van der Waals surface area contributed by atoms with E-state index < -0.39 is 0 Å². The number of anilines is 1. The smallest absolute Gasteiger partial charge is 0.198 e. The second kappa shape index (κ2) is 5.04. The number of rotatable bonds is 4. The Morgan fingerprint density at radius 2 is 2.00 bits per heavy atom. The Balaban J connectivity index is 1.85. The number of benzene rings is 1. The fourth-order valence-corrected chi connectivity index (χ4v) is 2.14. The van der Waals surface area contributed by atoms with E-state index in [4.69, 9.17) is 8.83 Å². The lowest BCUT2D eigenvalue weighted by Gasteiger charge is -2.12. The Bertz CT molecular complexity index is 698. The predicted molar refractivity (Wildman–Crippen MR) is 78.8 cm³/mol. The van der Waals surface area contributed by atoms with E-state index >= 15 is 0 Å². The molecule has 0 saturated carbocycles. The highest BCUT2D eigenvalue weighted by Crippen LogP contribution is 2.26. The Morgan fingerprint density at radius 1 is 1.15 bits per heavy atom. The van der Waals surface area contributed by atoms with Crippen LogP contribution in [0.15, 0.2) is 45.4 Å². The average Bonchev–Trinajstić information content (AvgIpc) is 3.07. The lowest BCUT2D eigenvalue weighted by atomic mass is 10.2. The number of oxazole rings is 1. The molecule has 0 fully saturated rings. The molecule has 1 unspecified atom stereocenters. The molecule has 0 aliphatic rings. The van der Waals surface area contributed by atoms with Crippen molar-refractivity contribution in [1.82, 2.24) is 4.98 Å². The van der Waals surface area contributed by atoms with Crippen molar-refractivity contribution in [2.45, 2.75) is 32.7 Å². The minimum absolute atomic E-state index is 0.110. The molecule has 3 aromatic rings. The molecule has 20 heavy (non-hydrogen) atoms. The van der Waals surface area contributed by atoms with E-state index in [1.807, 2.05) is 30.3 Å². The second-order valence-corrected chi connectivity index (χ2v) is 5.27. The maximum atomic E-state index is 5.70. The van der Waals surface area contributed by atoms with Crippen LogP contribution in [0.3, 0.4) is 0 Å². The summed E-state index contributed by atoms with van der Waals surface area (Å²) >= 11 is 0. The monoisotopic (exact) mass is 270 g/mol. The van der Waals surface area contributed by atoms with Crippen LogP contribution in [-0.2, 0) is 0 Å². The molecule has 2 aromatic heterocycles. The summed E-state index contributed by atoms with van der Waals surface area (Å²) in [6.45, 7) is 6.21. The fourth-order valence-electron chi connectivity index (χ4n) is 2.14. The zero-order chi connectivity index (χ0) is 14.1. The predicted octanol–water partition coefficient (Wildman–Crippen LogP) is 4.72. The van der Waals surface area contributed by atoms with Crippen LogP contribution in [0.4, 0.5) is 5.69 Å². The molecular formula is C16H18N2O2. The Labute approximate surface area is 117 Å². The van der Waals surface area contributed by atoms with Crippen molar-refractivity contribution in [2.75, 3.05) is 5.32 Å². The summed E-state index contributed by atoms with van der Waals surface area (Å²) in [5, 5.41) is 3.40. The molecule has 1 N–H and O–H groups in total. The number of furan rings is 1. The number of fused-ring (bicyclic) bond motifs is 1. The first-order valence-electron chi connectivity index (χ1n) is 6.84. The van der Waals surface area contributed by atoms with Gasteiger partial charge in [-0.25, -0.2) is 4.98 Å². The molecule has 0 radical (unpaired) electrons. The van der Waals surface area contributed by atoms with Gasteiger partial charge in [-0.05, 0) is 37.3 Å². The van der Waals surface area contributed by atoms with Crippen molar-refractivity contribution in [3.05, 3.63) is 48.2 Å². The molecular weight excluding hydrogens is 252 g/mol. The van der Waals surface area contributed by atoms with Crippen LogP contribution in [0, 0.1) is 0 Å². The van der Waals surface area contributed by atoms with Crippen molar-refractivity contribution < 1.29 is 8.83 Å². The molecule has 0 aliphatic heterocycles. The van der Waals surface area contributed by atoms with E-state index in [9.17, 15) is 0 Å². The average molecular weight is 270 g/mol. The van der Waals surface area contributed by atoms with Crippen LogP contribution in [-0.4, -0.2) is 4.98 Å². The van der Waals surface area contributed by atoms with Gasteiger partial charge >= 0.3 is 0 Å². The molecule has 1 aromatic carbocycles. The number of aromatic nitrogens is 1. The zero-order valence-electron chi connectivity index (χ0n) is 11.9. The molecule has 2 heterocycles. The van der Waals surface area contributed by atoms with Crippen molar-refractivity contribution in [3.63, 3.8) is 0 Å². The lowest BCUT2D eigenvalue weighted by Crippen LogP contribution is -2.05. The summed E-state index contributed by atoms with van der Waals surface area (Å²) < 4.78 is 11.1. The summed E-state index contributed by atoms with van der Waals surface area (Å²) in [5.41, 5.74) is 2.71. The molecule has 1 atom stereocenters. The molecule has 0 aliphatic carbocycles. The summed E-state index contributed by atoms with van der Waals surface area (Å²) in [6, 6.07) is 9.91. The van der Waals surface area contributed by atoms with E-state index in [2.05, 4.69) is 31.1 Å². The SMILES string of the molecule is CC(C)c1nc2cc(NC(C)c3ccco3)ccc2o1. The van der Waals surface area contributed by atoms with Crippen molar-refractivity contribution in [1.29, 1.82) is 0 Å². The van der Waals surface area contributed by atoms with Gasteiger partial charge in [0.05, 0.1) is 12.3 Å². The topological polar surface area (TPSA) is 51.2 Å². The van der Waals surface area contributed by atoms with E-state index in [1.165, 1.54) is 0 Å².